The standard InChI is InChI=1S/C7H9NO/c1-6-7(2,5-9)3-4-8-6/h3-5H,1-2H3. The molecule has 0 aromatic rings. The molecule has 0 aliphatic carbocycles. The minimum atomic E-state index is -0.417. The van der Waals surface area contributed by atoms with Crippen LogP contribution >= 0.6 is 0 Å². The number of hydrogen-bond donors (Lipinski definition) is 0. The summed E-state index contributed by atoms with van der Waals surface area (Å²) in [6, 6.07) is 0. The molecule has 0 amide bonds. The van der Waals surface area contributed by atoms with Crippen LogP contribution in [-0.2, 0) is 4.79 Å². The maximum absolute atomic E-state index is 10.4. The summed E-state index contributed by atoms with van der Waals surface area (Å²) in [4.78, 5) is 14.4. The molecule has 0 aromatic carbocycles. The third-order valence-electron chi connectivity index (χ3n) is 1.71. The van der Waals surface area contributed by atoms with Crippen LogP contribution in [0.15, 0.2) is 17.3 Å². The molecule has 2 heteroatoms. The second-order valence-electron chi connectivity index (χ2n) is 2.43. The molecule has 9 heavy (non-hydrogen) atoms. The molecule has 1 aliphatic rings. The summed E-state index contributed by atoms with van der Waals surface area (Å²) in [5, 5.41) is 0. The lowest BCUT2D eigenvalue weighted by Crippen LogP contribution is -2.21. The van der Waals surface area contributed by atoms with Crippen molar-refractivity contribution in [3.05, 3.63) is 12.3 Å². The van der Waals surface area contributed by atoms with Gasteiger partial charge in [-0.15, -0.1) is 0 Å². The Morgan fingerprint density at radius 3 is 2.67 bits per heavy atom. The number of rotatable bonds is 1. The third kappa shape index (κ3) is 0.803. The fourth-order valence-corrected chi connectivity index (χ4v) is 0.688. The monoisotopic (exact) mass is 123 g/mol. The van der Waals surface area contributed by atoms with E-state index in [-0.39, 0.29) is 0 Å². The van der Waals surface area contributed by atoms with E-state index in [2.05, 4.69) is 4.99 Å². The summed E-state index contributed by atoms with van der Waals surface area (Å²) >= 11 is 0. The minimum Gasteiger partial charge on any atom is -0.302 e. The van der Waals surface area contributed by atoms with Gasteiger partial charge in [-0.05, 0) is 19.9 Å². The zero-order chi connectivity index (χ0) is 6.91. The first kappa shape index (κ1) is 6.20. The largest absolute Gasteiger partial charge is 0.302 e. The maximum Gasteiger partial charge on any atom is 0.135 e. The maximum atomic E-state index is 10.4. The van der Waals surface area contributed by atoms with Gasteiger partial charge in [-0.3, -0.25) is 4.99 Å². The summed E-state index contributed by atoms with van der Waals surface area (Å²) < 4.78 is 0. The number of carbonyl (C=O) groups is 1. The minimum absolute atomic E-state index is 0.417. The van der Waals surface area contributed by atoms with Gasteiger partial charge in [0.2, 0.25) is 0 Å². The van der Waals surface area contributed by atoms with Crippen molar-refractivity contribution in [2.24, 2.45) is 10.4 Å². The van der Waals surface area contributed by atoms with Crippen molar-refractivity contribution >= 4 is 12.0 Å². The zero-order valence-corrected chi connectivity index (χ0v) is 5.59. The van der Waals surface area contributed by atoms with Gasteiger partial charge in [0.15, 0.2) is 0 Å². The van der Waals surface area contributed by atoms with Gasteiger partial charge in [0.25, 0.3) is 0 Å². The molecule has 1 heterocycles. The van der Waals surface area contributed by atoms with E-state index < -0.39 is 5.41 Å². The number of allylic oxidation sites excluding steroid dienone is 1. The molecule has 0 radical (unpaired) electrons. The molecule has 1 atom stereocenters. The molecule has 0 N–H and O–H groups in total. The van der Waals surface area contributed by atoms with Crippen molar-refractivity contribution in [2.75, 3.05) is 0 Å². The summed E-state index contributed by atoms with van der Waals surface area (Å²) in [7, 11) is 0. The molecule has 1 rings (SSSR count). The van der Waals surface area contributed by atoms with Crippen molar-refractivity contribution in [1.82, 2.24) is 0 Å². The van der Waals surface area contributed by atoms with Crippen molar-refractivity contribution in [1.29, 1.82) is 0 Å². The predicted octanol–water partition coefficient (Wildman–Crippen LogP) is 1.18. The topological polar surface area (TPSA) is 29.4 Å². The number of aldehydes is 1. The van der Waals surface area contributed by atoms with Gasteiger partial charge in [0.1, 0.15) is 6.29 Å². The fraction of sp³-hybridized carbons (Fsp3) is 0.429. The van der Waals surface area contributed by atoms with E-state index >= 15 is 0 Å². The van der Waals surface area contributed by atoms with Crippen LogP contribution in [0.5, 0.6) is 0 Å². The molecule has 1 unspecified atom stereocenters. The Labute approximate surface area is 54.3 Å². The van der Waals surface area contributed by atoms with Crippen LogP contribution in [0.1, 0.15) is 13.8 Å². The van der Waals surface area contributed by atoms with Gasteiger partial charge >= 0.3 is 0 Å². The Bertz CT molecular complexity index is 193. The van der Waals surface area contributed by atoms with Gasteiger partial charge in [-0.25, -0.2) is 0 Å². The van der Waals surface area contributed by atoms with Gasteiger partial charge in [-0.2, -0.15) is 0 Å². The Morgan fingerprint density at radius 1 is 1.78 bits per heavy atom. The van der Waals surface area contributed by atoms with Crippen LogP contribution in [0.25, 0.3) is 0 Å². The van der Waals surface area contributed by atoms with E-state index in [0.717, 1.165) is 12.0 Å². The van der Waals surface area contributed by atoms with Crippen LogP contribution < -0.4 is 0 Å². The van der Waals surface area contributed by atoms with E-state index in [4.69, 9.17) is 0 Å². The lowest BCUT2D eigenvalue weighted by Gasteiger charge is -2.11. The summed E-state index contributed by atoms with van der Waals surface area (Å²) in [6.45, 7) is 3.71. The molecule has 2 nitrogen and oxygen atoms in total. The quantitative estimate of drug-likeness (QED) is 0.481. The van der Waals surface area contributed by atoms with Gasteiger partial charge < -0.3 is 4.79 Å². The van der Waals surface area contributed by atoms with E-state index in [1.54, 1.807) is 12.3 Å². The summed E-state index contributed by atoms with van der Waals surface area (Å²) in [6.07, 6.45) is 4.38. The lowest BCUT2D eigenvalue weighted by atomic mass is 9.89. The van der Waals surface area contributed by atoms with Gasteiger partial charge in [0, 0.05) is 11.9 Å². The normalized spacial score (nSPS) is 32.4. The second-order valence-corrected chi connectivity index (χ2v) is 2.43. The molecule has 0 aromatic heterocycles. The molecule has 1 aliphatic heterocycles. The Morgan fingerprint density at radius 2 is 2.44 bits per heavy atom. The van der Waals surface area contributed by atoms with Gasteiger partial charge in [-0.1, -0.05) is 0 Å². The van der Waals surface area contributed by atoms with Crippen LogP contribution in [0, 0.1) is 5.41 Å². The SMILES string of the molecule is CC1=NC=CC1(C)C=O. The average molecular weight is 123 g/mol. The first-order valence-corrected chi connectivity index (χ1v) is 2.88. The van der Waals surface area contributed by atoms with Gasteiger partial charge in [0.05, 0.1) is 5.41 Å². The molecule has 48 valence electrons. The molecule has 0 fully saturated rings. The first-order chi connectivity index (χ1) is 4.19. The number of hydrogen-bond acceptors (Lipinski definition) is 2. The molecule has 0 spiro atoms. The highest BCUT2D eigenvalue weighted by atomic mass is 16.1. The highest BCUT2D eigenvalue weighted by Gasteiger charge is 2.26. The Hall–Kier alpha value is -0.920. The fourth-order valence-electron chi connectivity index (χ4n) is 0.688. The number of aliphatic imine (C=N–C) groups is 1. The van der Waals surface area contributed by atoms with E-state index in [1.165, 1.54) is 0 Å². The van der Waals surface area contributed by atoms with Crippen molar-refractivity contribution in [3.63, 3.8) is 0 Å². The molecule has 0 bridgehead atoms. The van der Waals surface area contributed by atoms with Crippen LogP contribution in [0.4, 0.5) is 0 Å². The van der Waals surface area contributed by atoms with E-state index in [9.17, 15) is 4.79 Å². The van der Waals surface area contributed by atoms with E-state index in [1.807, 2.05) is 13.8 Å². The van der Waals surface area contributed by atoms with E-state index in [0.29, 0.717) is 0 Å². The predicted molar refractivity (Wildman–Crippen MR) is 36.4 cm³/mol. The third-order valence-corrected chi connectivity index (χ3v) is 1.71. The molecule has 0 saturated carbocycles. The highest BCUT2D eigenvalue weighted by Crippen LogP contribution is 2.22. The van der Waals surface area contributed by atoms with Crippen molar-refractivity contribution in [2.45, 2.75) is 13.8 Å². The summed E-state index contributed by atoms with van der Waals surface area (Å²) in [5.74, 6) is 0. The molecular formula is C7H9NO. The second kappa shape index (κ2) is 1.79. The zero-order valence-electron chi connectivity index (χ0n) is 5.59. The first-order valence-electron chi connectivity index (χ1n) is 2.88. The highest BCUT2D eigenvalue weighted by molar-refractivity contribution is 6.03. The molecular weight excluding hydrogens is 114 g/mol. The average Bonchev–Trinajstić information content (AvgIpc) is 2.15. The van der Waals surface area contributed by atoms with Crippen molar-refractivity contribution < 1.29 is 4.79 Å². The summed E-state index contributed by atoms with van der Waals surface area (Å²) in [5.41, 5.74) is 0.456. The molecule has 0 saturated heterocycles. The number of nitrogens with zero attached hydrogens (tertiary/aromatic N) is 1. The van der Waals surface area contributed by atoms with Crippen LogP contribution in [0.2, 0.25) is 0 Å². The van der Waals surface area contributed by atoms with Crippen molar-refractivity contribution in [3.8, 4) is 0 Å². The Balaban J connectivity index is 2.95. The Kier molecular flexibility index (Phi) is 1.24. The van der Waals surface area contributed by atoms with Crippen LogP contribution in [0.3, 0.4) is 0 Å². The lowest BCUT2D eigenvalue weighted by molar-refractivity contribution is -0.111. The van der Waals surface area contributed by atoms with Crippen LogP contribution in [-0.4, -0.2) is 12.0 Å². The smallest absolute Gasteiger partial charge is 0.135 e. The number of carbonyl (C=O) groups excluding carboxylic acids is 1.